The van der Waals surface area contributed by atoms with E-state index in [4.69, 9.17) is 9.47 Å². The fraction of sp³-hybridized carbons (Fsp3) is 0.946. The monoisotopic (exact) mass is 597 g/mol. The number of hydrogen-bond acceptors (Lipinski definition) is 5. The van der Waals surface area contributed by atoms with Crippen LogP contribution in [0.2, 0.25) is 0 Å². The number of aliphatic hydroxyl groups excluding tert-OH is 1. The van der Waals surface area contributed by atoms with Gasteiger partial charge in [-0.05, 0) is 12.8 Å². The van der Waals surface area contributed by atoms with Crippen LogP contribution >= 0.6 is 0 Å². The minimum absolute atomic E-state index is 0.108. The maximum atomic E-state index is 11.9. The molecule has 0 aromatic heterocycles. The van der Waals surface area contributed by atoms with E-state index in [2.05, 4.69) is 13.8 Å². The molecule has 0 heterocycles. The molecular formula is C37H72O5. The van der Waals surface area contributed by atoms with Crippen LogP contribution in [0.1, 0.15) is 206 Å². The van der Waals surface area contributed by atoms with Gasteiger partial charge < -0.3 is 14.6 Å². The van der Waals surface area contributed by atoms with Gasteiger partial charge in [-0.2, -0.15) is 0 Å². The van der Waals surface area contributed by atoms with Gasteiger partial charge in [0.15, 0.2) is 0 Å². The van der Waals surface area contributed by atoms with Crippen LogP contribution in [-0.2, 0) is 19.1 Å². The van der Waals surface area contributed by atoms with E-state index in [9.17, 15) is 14.7 Å². The third-order valence-electron chi connectivity index (χ3n) is 8.34. The van der Waals surface area contributed by atoms with Crippen molar-refractivity contribution in [3.05, 3.63) is 0 Å². The summed E-state index contributed by atoms with van der Waals surface area (Å²) < 4.78 is 10.3. The number of unbranched alkanes of at least 4 members (excludes halogenated alkanes) is 26. The van der Waals surface area contributed by atoms with Crippen LogP contribution in [0.5, 0.6) is 0 Å². The molecule has 0 aromatic carbocycles. The Bertz CT molecular complexity index is 564. The third-order valence-corrected chi connectivity index (χ3v) is 8.34. The fourth-order valence-electron chi connectivity index (χ4n) is 5.50. The number of carbonyl (C=O) groups excluding carboxylic acids is 2. The average Bonchev–Trinajstić information content (AvgIpc) is 2.99. The number of hydrogen-bond donors (Lipinski definition) is 1. The maximum absolute atomic E-state index is 11.9. The molecule has 1 N–H and O–H groups in total. The fourth-order valence-corrected chi connectivity index (χ4v) is 5.50. The van der Waals surface area contributed by atoms with Gasteiger partial charge in [-0.25, -0.2) is 0 Å². The third kappa shape index (κ3) is 33.4. The first kappa shape index (κ1) is 40.9. The minimum atomic E-state index is -0.953. The van der Waals surface area contributed by atoms with Crippen molar-refractivity contribution in [1.29, 1.82) is 0 Å². The van der Waals surface area contributed by atoms with Crippen LogP contribution in [0.15, 0.2) is 0 Å². The quantitative estimate of drug-likeness (QED) is 0.0591. The lowest BCUT2D eigenvalue weighted by molar-refractivity contribution is -0.152. The summed E-state index contributed by atoms with van der Waals surface area (Å²) in [4.78, 5) is 23.8. The number of aliphatic hydroxyl groups is 1. The van der Waals surface area contributed by atoms with Gasteiger partial charge in [0.05, 0.1) is 0 Å². The summed E-state index contributed by atoms with van der Waals surface area (Å²) in [5.41, 5.74) is 0. The lowest BCUT2D eigenvalue weighted by atomic mass is 10.0. The van der Waals surface area contributed by atoms with Gasteiger partial charge in [0.25, 0.3) is 0 Å². The molecule has 0 unspecified atom stereocenters. The van der Waals surface area contributed by atoms with Crippen LogP contribution < -0.4 is 0 Å². The lowest BCUT2D eigenvalue weighted by Gasteiger charge is -2.12. The Morgan fingerprint density at radius 3 is 0.857 bits per heavy atom. The molecule has 250 valence electrons. The molecule has 0 aliphatic heterocycles. The first-order valence-electron chi connectivity index (χ1n) is 18.6. The molecule has 42 heavy (non-hydrogen) atoms. The van der Waals surface area contributed by atoms with Crippen LogP contribution in [0.4, 0.5) is 0 Å². The summed E-state index contributed by atoms with van der Waals surface area (Å²) in [5.74, 6) is -0.554. The molecule has 1 atom stereocenters. The molecule has 5 nitrogen and oxygen atoms in total. The van der Waals surface area contributed by atoms with Gasteiger partial charge in [0.2, 0.25) is 0 Å². The first-order chi connectivity index (χ1) is 20.6. The van der Waals surface area contributed by atoms with Crippen molar-refractivity contribution >= 4 is 11.9 Å². The van der Waals surface area contributed by atoms with Crippen molar-refractivity contribution < 1.29 is 24.2 Å². The van der Waals surface area contributed by atoms with Crippen molar-refractivity contribution in [2.45, 2.75) is 213 Å². The van der Waals surface area contributed by atoms with Crippen LogP contribution in [-0.4, -0.2) is 36.4 Å². The molecule has 0 aromatic rings. The summed E-state index contributed by atoms with van der Waals surface area (Å²) in [6, 6.07) is 0. The minimum Gasteiger partial charge on any atom is -0.463 e. The molecule has 0 amide bonds. The second kappa shape index (κ2) is 34.4. The summed E-state index contributed by atoms with van der Waals surface area (Å²) in [7, 11) is 0. The van der Waals surface area contributed by atoms with E-state index in [1.165, 1.54) is 154 Å². The largest absolute Gasteiger partial charge is 0.463 e. The van der Waals surface area contributed by atoms with Gasteiger partial charge in [0.1, 0.15) is 19.3 Å². The molecule has 5 heteroatoms. The standard InChI is InChI=1S/C37H72O5/c1-3-5-7-9-11-13-15-16-17-18-19-20-22-24-26-28-30-32-37(40)42-34-35(38)33-41-36(39)31-29-27-25-23-21-14-12-10-8-6-4-2/h35,38H,3-34H2,1-2H3/t35-/m1/s1. The van der Waals surface area contributed by atoms with Gasteiger partial charge in [-0.3, -0.25) is 9.59 Å². The van der Waals surface area contributed by atoms with Gasteiger partial charge in [0, 0.05) is 12.8 Å². The van der Waals surface area contributed by atoms with E-state index in [1.54, 1.807) is 0 Å². The highest BCUT2D eigenvalue weighted by atomic mass is 16.6. The number of esters is 2. The second-order valence-corrected chi connectivity index (χ2v) is 12.7. The Morgan fingerprint density at radius 1 is 0.405 bits per heavy atom. The molecular weight excluding hydrogens is 524 g/mol. The van der Waals surface area contributed by atoms with Crippen molar-refractivity contribution in [3.63, 3.8) is 0 Å². The highest BCUT2D eigenvalue weighted by molar-refractivity contribution is 5.69. The molecule has 0 aliphatic carbocycles. The molecule has 0 spiro atoms. The van der Waals surface area contributed by atoms with Crippen molar-refractivity contribution in [3.8, 4) is 0 Å². The SMILES string of the molecule is CCCCCCCCCCCCCCCCCCCC(=O)OC[C@H](O)COC(=O)CCCCCCCCCCCCC. The lowest BCUT2D eigenvalue weighted by Crippen LogP contribution is -2.25. The molecule has 0 radical (unpaired) electrons. The zero-order chi connectivity index (χ0) is 30.8. The maximum Gasteiger partial charge on any atom is 0.305 e. The van der Waals surface area contributed by atoms with E-state index in [1.807, 2.05) is 0 Å². The van der Waals surface area contributed by atoms with E-state index < -0.39 is 6.10 Å². The van der Waals surface area contributed by atoms with Gasteiger partial charge in [-0.15, -0.1) is 0 Å². The Kier molecular flexibility index (Phi) is 33.5. The Labute approximate surface area is 261 Å². The predicted octanol–water partition coefficient (Wildman–Crippen LogP) is 11.2. The molecule has 0 aliphatic rings. The molecule has 0 rings (SSSR count). The summed E-state index contributed by atoms with van der Waals surface area (Å²) in [5, 5.41) is 9.97. The summed E-state index contributed by atoms with van der Waals surface area (Å²) in [6.45, 7) is 4.31. The van der Waals surface area contributed by atoms with E-state index >= 15 is 0 Å². The van der Waals surface area contributed by atoms with E-state index in [0.717, 1.165) is 25.7 Å². The van der Waals surface area contributed by atoms with Crippen LogP contribution in [0.25, 0.3) is 0 Å². The van der Waals surface area contributed by atoms with Crippen molar-refractivity contribution in [2.75, 3.05) is 13.2 Å². The van der Waals surface area contributed by atoms with Crippen LogP contribution in [0, 0.1) is 0 Å². The Morgan fingerprint density at radius 2 is 0.619 bits per heavy atom. The summed E-state index contributed by atoms with van der Waals surface area (Å²) >= 11 is 0. The van der Waals surface area contributed by atoms with E-state index in [-0.39, 0.29) is 25.2 Å². The first-order valence-corrected chi connectivity index (χ1v) is 18.6. The Balaban J connectivity index is 3.37. The number of carbonyl (C=O) groups is 2. The molecule has 0 saturated heterocycles. The van der Waals surface area contributed by atoms with Crippen molar-refractivity contribution in [1.82, 2.24) is 0 Å². The predicted molar refractivity (Wildman–Crippen MR) is 178 cm³/mol. The Hall–Kier alpha value is -1.10. The average molecular weight is 597 g/mol. The van der Waals surface area contributed by atoms with E-state index in [0.29, 0.717) is 12.8 Å². The summed E-state index contributed by atoms with van der Waals surface area (Å²) in [6.07, 6.45) is 35.8. The number of ether oxygens (including phenoxy) is 2. The normalized spacial score (nSPS) is 12.0. The van der Waals surface area contributed by atoms with Crippen LogP contribution in [0.3, 0.4) is 0 Å². The zero-order valence-corrected chi connectivity index (χ0v) is 28.3. The second-order valence-electron chi connectivity index (χ2n) is 12.7. The highest BCUT2D eigenvalue weighted by Gasteiger charge is 2.12. The zero-order valence-electron chi connectivity index (χ0n) is 28.3. The van der Waals surface area contributed by atoms with Crippen molar-refractivity contribution in [2.24, 2.45) is 0 Å². The smallest absolute Gasteiger partial charge is 0.305 e. The molecule has 0 fully saturated rings. The van der Waals surface area contributed by atoms with Gasteiger partial charge >= 0.3 is 11.9 Å². The topological polar surface area (TPSA) is 72.8 Å². The number of rotatable bonds is 34. The molecule has 0 bridgehead atoms. The van der Waals surface area contributed by atoms with Gasteiger partial charge in [-0.1, -0.05) is 181 Å². The molecule has 0 saturated carbocycles. The highest BCUT2D eigenvalue weighted by Crippen LogP contribution is 2.15.